The third kappa shape index (κ3) is 7.31. The predicted octanol–water partition coefficient (Wildman–Crippen LogP) is 18.2. The lowest BCUT2D eigenvalue weighted by Gasteiger charge is -2.32. The maximum atomic E-state index is 2.53. The van der Waals surface area contributed by atoms with Crippen molar-refractivity contribution in [3.63, 3.8) is 0 Å². The normalized spacial score (nSPS) is 12.7. The van der Waals surface area contributed by atoms with Crippen molar-refractivity contribution in [2.75, 3.05) is 4.90 Å². The Morgan fingerprint density at radius 1 is 0.348 bits per heavy atom. The van der Waals surface area contributed by atoms with Crippen LogP contribution in [0.25, 0.3) is 77.5 Å². The van der Waals surface area contributed by atoms with Gasteiger partial charge in [-0.15, -0.1) is 0 Å². The van der Waals surface area contributed by atoms with Gasteiger partial charge in [0.1, 0.15) is 0 Å². The Hall–Kier alpha value is -7.74. The highest BCUT2D eigenvalue weighted by molar-refractivity contribution is 6.07. The summed E-state index contributed by atoms with van der Waals surface area (Å²) < 4.78 is 0. The van der Waals surface area contributed by atoms with E-state index in [1.165, 1.54) is 83.1 Å². The third-order valence-corrected chi connectivity index (χ3v) is 13.9. The Kier molecular flexibility index (Phi) is 10.2. The molecule has 0 unspecified atom stereocenters. The molecule has 0 heterocycles. The van der Waals surface area contributed by atoms with Crippen LogP contribution in [0.4, 0.5) is 17.1 Å². The first-order valence-electron chi connectivity index (χ1n) is 23.2. The Bertz CT molecular complexity index is 3390. The molecule has 1 nitrogen and oxygen atoms in total. The molecule has 0 saturated heterocycles. The molecular weight excluding hydrogens is 795 g/mol. The van der Waals surface area contributed by atoms with Crippen molar-refractivity contribution in [2.45, 2.75) is 45.4 Å². The Morgan fingerprint density at radius 2 is 0.879 bits per heavy atom. The first-order valence-corrected chi connectivity index (χ1v) is 23.2. The molecule has 0 saturated carbocycles. The van der Waals surface area contributed by atoms with Crippen LogP contribution in [0.2, 0.25) is 0 Å². The van der Waals surface area contributed by atoms with Gasteiger partial charge in [0.25, 0.3) is 0 Å². The zero-order chi connectivity index (χ0) is 45.0. The van der Waals surface area contributed by atoms with Gasteiger partial charge in [0, 0.05) is 22.2 Å². The molecule has 1 aliphatic rings. The molecule has 1 aliphatic carbocycles. The van der Waals surface area contributed by atoms with Gasteiger partial charge < -0.3 is 4.90 Å². The summed E-state index contributed by atoms with van der Waals surface area (Å²) in [7, 11) is 0. The zero-order valence-corrected chi connectivity index (χ0v) is 38.4. The van der Waals surface area contributed by atoms with E-state index >= 15 is 0 Å². The smallest absolute Gasteiger partial charge is 0.0546 e. The van der Waals surface area contributed by atoms with E-state index in [-0.39, 0.29) is 10.8 Å². The largest absolute Gasteiger partial charge is 0.309 e. The van der Waals surface area contributed by atoms with Gasteiger partial charge in [-0.3, -0.25) is 0 Å². The van der Waals surface area contributed by atoms with Crippen LogP contribution in [0.1, 0.15) is 51.3 Å². The second-order valence-electron chi connectivity index (χ2n) is 19.4. The average Bonchev–Trinajstić information content (AvgIpc) is 3.59. The number of benzene rings is 10. The highest BCUT2D eigenvalue weighted by Crippen LogP contribution is 2.53. The number of fused-ring (bicyclic) bond motifs is 4. The maximum Gasteiger partial charge on any atom is 0.0546 e. The molecule has 0 aliphatic heterocycles. The molecule has 10 aromatic carbocycles. The van der Waals surface area contributed by atoms with Gasteiger partial charge in [0.05, 0.1) is 11.4 Å². The van der Waals surface area contributed by atoms with E-state index in [0.29, 0.717) is 0 Å². The van der Waals surface area contributed by atoms with Gasteiger partial charge in [0.2, 0.25) is 0 Å². The Morgan fingerprint density at radius 3 is 1.61 bits per heavy atom. The molecular formula is C65H53N. The van der Waals surface area contributed by atoms with Gasteiger partial charge in [0.15, 0.2) is 0 Å². The van der Waals surface area contributed by atoms with Crippen molar-refractivity contribution in [2.24, 2.45) is 0 Å². The van der Waals surface area contributed by atoms with Crippen LogP contribution in [-0.2, 0) is 10.8 Å². The molecule has 0 spiro atoms. The van der Waals surface area contributed by atoms with Gasteiger partial charge >= 0.3 is 0 Å². The van der Waals surface area contributed by atoms with E-state index < -0.39 is 0 Å². The van der Waals surface area contributed by atoms with Crippen molar-refractivity contribution in [3.8, 4) is 66.8 Å². The third-order valence-electron chi connectivity index (χ3n) is 13.9. The molecule has 0 amide bonds. The van der Waals surface area contributed by atoms with E-state index in [4.69, 9.17) is 0 Å². The zero-order valence-electron chi connectivity index (χ0n) is 38.4. The lowest BCUT2D eigenvalue weighted by Crippen LogP contribution is -2.16. The highest BCUT2D eigenvalue weighted by Gasteiger charge is 2.36. The van der Waals surface area contributed by atoms with E-state index in [1.807, 2.05) is 0 Å². The minimum Gasteiger partial charge on any atom is -0.309 e. The number of nitrogens with zero attached hydrogens (tertiary/aromatic N) is 1. The van der Waals surface area contributed by atoms with Crippen LogP contribution >= 0.6 is 0 Å². The van der Waals surface area contributed by atoms with E-state index in [0.717, 1.165) is 28.2 Å². The monoisotopic (exact) mass is 847 g/mol. The summed E-state index contributed by atoms with van der Waals surface area (Å²) in [6, 6.07) is 85.5. The fourth-order valence-electron chi connectivity index (χ4n) is 10.3. The molecule has 0 atom stereocenters. The van der Waals surface area contributed by atoms with Crippen LogP contribution in [0, 0.1) is 0 Å². The number of hydrogen-bond donors (Lipinski definition) is 0. The van der Waals surface area contributed by atoms with Crippen molar-refractivity contribution in [3.05, 3.63) is 247 Å². The fraction of sp³-hybridized carbons (Fsp3) is 0.108. The van der Waals surface area contributed by atoms with Crippen LogP contribution in [0.15, 0.2) is 231 Å². The molecule has 66 heavy (non-hydrogen) atoms. The number of hydrogen-bond acceptors (Lipinski definition) is 1. The van der Waals surface area contributed by atoms with Crippen LogP contribution in [0.3, 0.4) is 0 Å². The molecule has 318 valence electrons. The van der Waals surface area contributed by atoms with E-state index in [9.17, 15) is 0 Å². The number of anilines is 3. The molecule has 0 fully saturated rings. The lowest BCUT2D eigenvalue weighted by atomic mass is 9.82. The molecule has 1 heteroatoms. The molecule has 0 N–H and O–H groups in total. The first kappa shape index (κ1) is 41.0. The molecule has 0 aromatic heterocycles. The van der Waals surface area contributed by atoms with Gasteiger partial charge in [-0.1, -0.05) is 229 Å². The topological polar surface area (TPSA) is 3.24 Å². The summed E-state index contributed by atoms with van der Waals surface area (Å²) in [5.74, 6) is 0. The quantitative estimate of drug-likeness (QED) is 0.147. The second-order valence-corrected chi connectivity index (χ2v) is 19.4. The molecule has 0 bridgehead atoms. The molecule has 11 rings (SSSR count). The van der Waals surface area contributed by atoms with Crippen LogP contribution in [-0.4, -0.2) is 0 Å². The van der Waals surface area contributed by atoms with E-state index in [2.05, 4.69) is 270 Å². The average molecular weight is 848 g/mol. The predicted molar refractivity (Wildman–Crippen MR) is 282 cm³/mol. The summed E-state index contributed by atoms with van der Waals surface area (Å²) in [4.78, 5) is 2.53. The summed E-state index contributed by atoms with van der Waals surface area (Å²) in [6.45, 7) is 11.5. The van der Waals surface area contributed by atoms with Gasteiger partial charge in [-0.05, 0) is 125 Å². The SMILES string of the molecule is CC(C)(C)c1ccc(-c2ccc(-c3ccc(N(c4ccc5c(c4)-c4ccccc4C5(C)C)c4ccc5ccccc5c4-c4cccc(-c5ccccc5)c4)c(-c4ccccc4)c3)cc2)cc1. The van der Waals surface area contributed by atoms with Crippen LogP contribution in [0.5, 0.6) is 0 Å². The second kappa shape index (κ2) is 16.4. The first-order chi connectivity index (χ1) is 32.1. The number of rotatable bonds is 8. The summed E-state index contributed by atoms with van der Waals surface area (Å²) in [5, 5.41) is 2.42. The molecule has 10 aromatic rings. The maximum absolute atomic E-state index is 2.53. The lowest BCUT2D eigenvalue weighted by molar-refractivity contribution is 0.590. The van der Waals surface area contributed by atoms with Gasteiger partial charge in [-0.25, -0.2) is 0 Å². The Labute approximate surface area is 390 Å². The standard InChI is InChI=1S/C65H53N/c1-64(2,3)53-35-31-46(32-36-53)45-27-29-47(30-28-45)51-34-39-61(57(42-51)48-19-10-7-11-20-48)66(54-37-38-60-58(43-54)56-25-14-15-26-59(56)65(60,4)5)62-40-33-49-21-12-13-24-55(49)63(62)52-23-16-22-50(41-52)44-17-8-6-9-18-44/h6-43H,1-5H3. The summed E-state index contributed by atoms with van der Waals surface area (Å²) >= 11 is 0. The Balaban J connectivity index is 1.13. The van der Waals surface area contributed by atoms with Crippen molar-refractivity contribution < 1.29 is 0 Å². The fourth-order valence-corrected chi connectivity index (χ4v) is 10.3. The van der Waals surface area contributed by atoms with Crippen molar-refractivity contribution in [1.82, 2.24) is 0 Å². The summed E-state index contributed by atoms with van der Waals surface area (Å²) in [5.41, 5.74) is 21.9. The van der Waals surface area contributed by atoms with E-state index in [1.54, 1.807) is 0 Å². The van der Waals surface area contributed by atoms with Crippen LogP contribution < -0.4 is 4.90 Å². The van der Waals surface area contributed by atoms with Crippen molar-refractivity contribution in [1.29, 1.82) is 0 Å². The summed E-state index contributed by atoms with van der Waals surface area (Å²) in [6.07, 6.45) is 0. The minimum atomic E-state index is -0.108. The molecule has 0 radical (unpaired) electrons. The minimum absolute atomic E-state index is 0.108. The van der Waals surface area contributed by atoms with Gasteiger partial charge in [-0.2, -0.15) is 0 Å². The van der Waals surface area contributed by atoms with Crippen molar-refractivity contribution >= 4 is 27.8 Å². The highest BCUT2D eigenvalue weighted by atomic mass is 15.1.